The van der Waals surface area contributed by atoms with Gasteiger partial charge in [0.15, 0.2) is 23.3 Å². The second kappa shape index (κ2) is 5.56. The van der Waals surface area contributed by atoms with Gasteiger partial charge in [0, 0.05) is 12.0 Å². The minimum Gasteiger partial charge on any atom is -0.321 e. The van der Waals surface area contributed by atoms with Crippen LogP contribution in [0.3, 0.4) is 0 Å². The number of hydrogen-bond donors (Lipinski definition) is 2. The summed E-state index contributed by atoms with van der Waals surface area (Å²) in [4.78, 5) is 11.8. The summed E-state index contributed by atoms with van der Waals surface area (Å²) in [5, 5.41) is 4.96. The van der Waals surface area contributed by atoms with Crippen LogP contribution in [0.15, 0.2) is 6.07 Å². The second-order valence-corrected chi connectivity index (χ2v) is 4.36. The summed E-state index contributed by atoms with van der Waals surface area (Å²) >= 11 is 0. The molecule has 1 aliphatic rings. The van der Waals surface area contributed by atoms with E-state index in [1.807, 2.05) is 5.32 Å². The number of anilines is 1. The van der Waals surface area contributed by atoms with Crippen LogP contribution in [0.25, 0.3) is 0 Å². The highest BCUT2D eigenvalue weighted by molar-refractivity contribution is 5.92. The van der Waals surface area contributed by atoms with Crippen molar-refractivity contribution in [1.29, 1.82) is 0 Å². The Morgan fingerprint density at radius 2 is 1.63 bits per heavy atom. The van der Waals surface area contributed by atoms with Gasteiger partial charge in [-0.25, -0.2) is 17.6 Å². The lowest BCUT2D eigenvalue weighted by atomic mass is 9.97. The summed E-state index contributed by atoms with van der Waals surface area (Å²) in [7, 11) is 0. The van der Waals surface area contributed by atoms with Gasteiger partial charge in [-0.15, -0.1) is 0 Å². The molecule has 1 fully saturated rings. The number of piperidine rings is 1. The number of halogens is 4. The molecule has 1 saturated heterocycles. The molecule has 1 aliphatic heterocycles. The van der Waals surface area contributed by atoms with E-state index in [2.05, 4.69) is 5.32 Å². The quantitative estimate of drug-likeness (QED) is 0.642. The predicted octanol–water partition coefficient (Wildman–Crippen LogP) is 2.18. The van der Waals surface area contributed by atoms with E-state index in [9.17, 15) is 22.4 Å². The minimum absolute atomic E-state index is 0.102. The van der Waals surface area contributed by atoms with Crippen molar-refractivity contribution in [2.75, 3.05) is 18.4 Å². The van der Waals surface area contributed by atoms with Crippen molar-refractivity contribution < 1.29 is 22.4 Å². The molecule has 0 saturated carbocycles. The molecule has 3 nitrogen and oxygen atoms in total. The fourth-order valence-electron chi connectivity index (χ4n) is 1.99. The van der Waals surface area contributed by atoms with E-state index in [0.29, 0.717) is 25.9 Å². The predicted molar refractivity (Wildman–Crippen MR) is 60.5 cm³/mol. The van der Waals surface area contributed by atoms with Crippen molar-refractivity contribution in [2.45, 2.75) is 12.8 Å². The third-order valence-electron chi connectivity index (χ3n) is 3.07. The highest BCUT2D eigenvalue weighted by atomic mass is 19.2. The summed E-state index contributed by atoms with van der Waals surface area (Å²) in [6.45, 7) is 1.22. The summed E-state index contributed by atoms with van der Waals surface area (Å²) in [6.07, 6.45) is 1.01. The van der Waals surface area contributed by atoms with E-state index in [0.717, 1.165) is 0 Å². The standard InChI is InChI=1S/C12H12F4N2O/c13-7-5-8(14)10(16)11(9(7)15)18-12(19)6-1-3-17-4-2-6/h5-6,17H,1-4H2,(H,18,19). The molecule has 0 bridgehead atoms. The van der Waals surface area contributed by atoms with Crippen molar-refractivity contribution in [2.24, 2.45) is 5.92 Å². The Balaban J connectivity index is 2.20. The maximum Gasteiger partial charge on any atom is 0.227 e. The zero-order valence-corrected chi connectivity index (χ0v) is 9.90. The SMILES string of the molecule is O=C(Nc1c(F)c(F)cc(F)c1F)C1CCNCC1. The number of rotatable bonds is 2. The van der Waals surface area contributed by atoms with Crippen LogP contribution < -0.4 is 10.6 Å². The van der Waals surface area contributed by atoms with Gasteiger partial charge in [-0.05, 0) is 25.9 Å². The van der Waals surface area contributed by atoms with Gasteiger partial charge >= 0.3 is 0 Å². The molecule has 1 amide bonds. The number of amides is 1. The summed E-state index contributed by atoms with van der Waals surface area (Å²) in [5.41, 5.74) is -1.07. The van der Waals surface area contributed by atoms with Crippen molar-refractivity contribution in [3.8, 4) is 0 Å². The molecular weight excluding hydrogens is 264 g/mol. The normalized spacial score (nSPS) is 16.4. The molecule has 0 aliphatic carbocycles. The number of benzene rings is 1. The van der Waals surface area contributed by atoms with Gasteiger partial charge in [0.05, 0.1) is 0 Å². The maximum absolute atomic E-state index is 13.4. The molecular formula is C12H12F4N2O. The van der Waals surface area contributed by atoms with Crippen molar-refractivity contribution >= 4 is 11.6 Å². The molecule has 0 spiro atoms. The van der Waals surface area contributed by atoms with Gasteiger partial charge in [-0.3, -0.25) is 4.79 Å². The highest BCUT2D eigenvalue weighted by Crippen LogP contribution is 2.25. The number of hydrogen-bond acceptors (Lipinski definition) is 2. The molecule has 2 N–H and O–H groups in total. The molecule has 0 unspecified atom stereocenters. The first-order chi connectivity index (χ1) is 9.00. The minimum atomic E-state index is -1.60. The second-order valence-electron chi connectivity index (χ2n) is 4.36. The van der Waals surface area contributed by atoms with Gasteiger partial charge < -0.3 is 10.6 Å². The van der Waals surface area contributed by atoms with Crippen LogP contribution in [0.5, 0.6) is 0 Å². The average Bonchev–Trinajstić information content (AvgIpc) is 2.42. The Morgan fingerprint density at radius 3 is 2.16 bits per heavy atom. The van der Waals surface area contributed by atoms with Gasteiger partial charge in [0.1, 0.15) is 5.69 Å². The van der Waals surface area contributed by atoms with Crippen LogP contribution in [0, 0.1) is 29.2 Å². The topological polar surface area (TPSA) is 41.1 Å². The smallest absolute Gasteiger partial charge is 0.227 e. The van der Waals surface area contributed by atoms with Gasteiger partial charge in [0.2, 0.25) is 5.91 Å². The Bertz CT molecular complexity index is 475. The van der Waals surface area contributed by atoms with Crippen molar-refractivity contribution in [3.63, 3.8) is 0 Å². The molecule has 19 heavy (non-hydrogen) atoms. The third-order valence-corrected chi connectivity index (χ3v) is 3.07. The van der Waals surface area contributed by atoms with E-state index in [1.165, 1.54) is 0 Å². The maximum atomic E-state index is 13.4. The van der Waals surface area contributed by atoms with E-state index < -0.39 is 40.8 Å². The molecule has 1 aromatic carbocycles. The summed E-state index contributed by atoms with van der Waals surface area (Å²) in [5.74, 6) is -7.34. The molecule has 2 rings (SSSR count). The first kappa shape index (κ1) is 13.8. The first-order valence-electron chi connectivity index (χ1n) is 5.85. The molecule has 1 heterocycles. The van der Waals surface area contributed by atoms with E-state index >= 15 is 0 Å². The molecule has 0 radical (unpaired) electrons. The lowest BCUT2D eigenvalue weighted by molar-refractivity contribution is -0.120. The summed E-state index contributed by atoms with van der Waals surface area (Å²) < 4.78 is 52.7. The van der Waals surface area contributed by atoms with Crippen LogP contribution >= 0.6 is 0 Å². The molecule has 1 aromatic rings. The molecule has 0 atom stereocenters. The Kier molecular flexibility index (Phi) is 4.04. The third kappa shape index (κ3) is 2.86. The van der Waals surface area contributed by atoms with E-state index in [1.54, 1.807) is 0 Å². The van der Waals surface area contributed by atoms with Crippen LogP contribution in [0.4, 0.5) is 23.2 Å². The fraction of sp³-hybridized carbons (Fsp3) is 0.417. The number of nitrogens with one attached hydrogen (secondary N) is 2. The Hall–Kier alpha value is -1.63. The largest absolute Gasteiger partial charge is 0.321 e. The van der Waals surface area contributed by atoms with E-state index in [4.69, 9.17) is 0 Å². The molecule has 0 aromatic heterocycles. The summed E-state index contributed by atoms with van der Waals surface area (Å²) in [6, 6.07) is 0.102. The van der Waals surface area contributed by atoms with Crippen LogP contribution in [-0.2, 0) is 4.79 Å². The van der Waals surface area contributed by atoms with Gasteiger partial charge in [-0.1, -0.05) is 0 Å². The van der Waals surface area contributed by atoms with Gasteiger partial charge in [0.25, 0.3) is 0 Å². The molecule has 7 heteroatoms. The average molecular weight is 276 g/mol. The number of carbonyl (C=O) groups is 1. The first-order valence-corrected chi connectivity index (χ1v) is 5.85. The highest BCUT2D eigenvalue weighted by Gasteiger charge is 2.25. The Morgan fingerprint density at radius 1 is 1.11 bits per heavy atom. The van der Waals surface area contributed by atoms with Crippen molar-refractivity contribution in [1.82, 2.24) is 5.32 Å². The van der Waals surface area contributed by atoms with Crippen molar-refractivity contribution in [3.05, 3.63) is 29.3 Å². The van der Waals surface area contributed by atoms with Crippen LogP contribution in [-0.4, -0.2) is 19.0 Å². The fourth-order valence-corrected chi connectivity index (χ4v) is 1.99. The zero-order chi connectivity index (χ0) is 14.0. The lowest BCUT2D eigenvalue weighted by Gasteiger charge is -2.22. The Labute approximate surface area is 107 Å². The van der Waals surface area contributed by atoms with Gasteiger partial charge in [-0.2, -0.15) is 0 Å². The molecule has 104 valence electrons. The zero-order valence-electron chi connectivity index (χ0n) is 9.90. The van der Waals surface area contributed by atoms with Crippen LogP contribution in [0.1, 0.15) is 12.8 Å². The monoisotopic (exact) mass is 276 g/mol. The van der Waals surface area contributed by atoms with Crippen LogP contribution in [0.2, 0.25) is 0 Å². The lowest BCUT2D eigenvalue weighted by Crippen LogP contribution is -2.35. The number of carbonyl (C=O) groups excluding carboxylic acids is 1. The van der Waals surface area contributed by atoms with E-state index in [-0.39, 0.29) is 6.07 Å².